The zero-order valence-corrected chi connectivity index (χ0v) is 12.0. The molecule has 1 aliphatic carbocycles. The molecule has 0 aromatic heterocycles. The largest absolute Gasteiger partial charge is 0.395 e. The number of hydrogen-bond acceptors (Lipinski definition) is 3. The molecule has 0 unspecified atom stereocenters. The molecule has 0 heterocycles. The summed E-state index contributed by atoms with van der Waals surface area (Å²) in [6.45, 7) is 0.798. The average Bonchev–Trinajstić information content (AvgIpc) is 2.45. The summed E-state index contributed by atoms with van der Waals surface area (Å²) in [7, 11) is 0. The zero-order chi connectivity index (χ0) is 13.7. The molecule has 3 nitrogen and oxygen atoms in total. The summed E-state index contributed by atoms with van der Waals surface area (Å²) in [6, 6.07) is 8.47. The maximum absolute atomic E-state index is 9.35. The van der Waals surface area contributed by atoms with Gasteiger partial charge >= 0.3 is 0 Å². The summed E-state index contributed by atoms with van der Waals surface area (Å²) in [5.74, 6) is 0. The van der Waals surface area contributed by atoms with Crippen molar-refractivity contribution in [3.63, 3.8) is 0 Å². The van der Waals surface area contributed by atoms with Gasteiger partial charge in [0.15, 0.2) is 0 Å². The lowest BCUT2D eigenvalue weighted by molar-refractivity contribution is 0.290. The first kappa shape index (κ1) is 14.3. The highest BCUT2D eigenvalue weighted by atomic mass is 32.1. The van der Waals surface area contributed by atoms with Gasteiger partial charge in [-0.3, -0.25) is 0 Å². The number of thiocarbonyl (C=S) groups is 1. The molecule has 1 aromatic carbocycles. The fourth-order valence-corrected chi connectivity index (χ4v) is 3.11. The van der Waals surface area contributed by atoms with Crippen LogP contribution in [-0.4, -0.2) is 29.3 Å². The molecule has 0 aliphatic heterocycles. The highest BCUT2D eigenvalue weighted by Crippen LogP contribution is 2.29. The van der Waals surface area contributed by atoms with Gasteiger partial charge < -0.3 is 15.7 Å². The van der Waals surface area contributed by atoms with Gasteiger partial charge in [0.25, 0.3) is 0 Å². The van der Waals surface area contributed by atoms with Crippen LogP contribution in [0.25, 0.3) is 0 Å². The Balaban J connectivity index is 2.29. The number of hydrogen-bond donors (Lipinski definition) is 2. The Morgan fingerprint density at radius 2 is 1.95 bits per heavy atom. The van der Waals surface area contributed by atoms with Crippen LogP contribution in [0.2, 0.25) is 0 Å². The van der Waals surface area contributed by atoms with E-state index in [4.69, 9.17) is 18.0 Å². The minimum Gasteiger partial charge on any atom is -0.395 e. The summed E-state index contributed by atoms with van der Waals surface area (Å²) < 4.78 is 0. The van der Waals surface area contributed by atoms with Crippen molar-refractivity contribution in [3.05, 3.63) is 29.8 Å². The van der Waals surface area contributed by atoms with Crippen molar-refractivity contribution in [3.8, 4) is 0 Å². The minimum absolute atomic E-state index is 0.155. The summed E-state index contributed by atoms with van der Waals surface area (Å²) in [5, 5.41) is 9.35. The van der Waals surface area contributed by atoms with Gasteiger partial charge in [0.2, 0.25) is 0 Å². The van der Waals surface area contributed by atoms with E-state index in [1.54, 1.807) is 0 Å². The zero-order valence-electron chi connectivity index (χ0n) is 11.2. The summed E-state index contributed by atoms with van der Waals surface area (Å²) in [5.41, 5.74) is 7.80. The predicted octanol–water partition coefficient (Wildman–Crippen LogP) is 2.45. The standard InChI is InChI=1S/C15H22N2OS/c16-15(19)13-8-4-5-9-14(13)17(10-11-18)12-6-2-1-3-7-12/h4-5,8-9,12,18H,1-3,6-7,10-11H2,(H2,16,19). The fourth-order valence-electron chi connectivity index (χ4n) is 2.93. The van der Waals surface area contributed by atoms with E-state index in [1.807, 2.05) is 18.2 Å². The lowest BCUT2D eigenvalue weighted by Gasteiger charge is -2.36. The van der Waals surface area contributed by atoms with Crippen LogP contribution in [0.3, 0.4) is 0 Å². The molecule has 104 valence electrons. The molecule has 0 amide bonds. The van der Waals surface area contributed by atoms with Crippen LogP contribution in [0.1, 0.15) is 37.7 Å². The molecule has 0 atom stereocenters. The van der Waals surface area contributed by atoms with Crippen molar-refractivity contribution in [1.29, 1.82) is 0 Å². The average molecular weight is 278 g/mol. The number of nitrogens with zero attached hydrogens (tertiary/aromatic N) is 1. The fraction of sp³-hybridized carbons (Fsp3) is 0.533. The molecule has 2 rings (SSSR count). The molecule has 4 heteroatoms. The first-order valence-corrected chi connectivity index (χ1v) is 7.41. The SMILES string of the molecule is NC(=S)c1ccccc1N(CCO)C1CCCCC1. The van der Waals surface area contributed by atoms with Crippen molar-refractivity contribution in [1.82, 2.24) is 0 Å². The Morgan fingerprint density at radius 3 is 2.58 bits per heavy atom. The number of aliphatic hydroxyl groups is 1. The lowest BCUT2D eigenvalue weighted by atomic mass is 9.93. The Morgan fingerprint density at radius 1 is 1.26 bits per heavy atom. The first-order valence-electron chi connectivity index (χ1n) is 7.00. The van der Waals surface area contributed by atoms with Crippen LogP contribution in [0.4, 0.5) is 5.69 Å². The second-order valence-electron chi connectivity index (χ2n) is 5.09. The van der Waals surface area contributed by atoms with Crippen molar-refractivity contribution in [2.45, 2.75) is 38.1 Å². The van der Waals surface area contributed by atoms with Crippen LogP contribution < -0.4 is 10.6 Å². The van der Waals surface area contributed by atoms with Crippen LogP contribution >= 0.6 is 12.2 Å². The van der Waals surface area contributed by atoms with Gasteiger partial charge in [0.1, 0.15) is 4.99 Å². The minimum atomic E-state index is 0.155. The van der Waals surface area contributed by atoms with Gasteiger partial charge in [0.05, 0.1) is 6.61 Å². The molecule has 1 aliphatic rings. The molecular formula is C15H22N2OS. The van der Waals surface area contributed by atoms with Gasteiger partial charge in [-0.2, -0.15) is 0 Å². The van der Waals surface area contributed by atoms with Crippen LogP contribution in [0.15, 0.2) is 24.3 Å². The Kier molecular flexibility index (Phi) is 5.16. The molecule has 1 saturated carbocycles. The van der Waals surface area contributed by atoms with E-state index in [2.05, 4.69) is 11.0 Å². The van der Waals surface area contributed by atoms with Crippen LogP contribution in [0, 0.1) is 0 Å². The third kappa shape index (κ3) is 3.45. The second kappa shape index (κ2) is 6.87. The monoisotopic (exact) mass is 278 g/mol. The Bertz CT molecular complexity index is 430. The normalized spacial score (nSPS) is 16.3. The summed E-state index contributed by atoms with van der Waals surface area (Å²) >= 11 is 5.14. The van der Waals surface area contributed by atoms with E-state index in [9.17, 15) is 5.11 Å². The third-order valence-corrected chi connectivity index (χ3v) is 4.06. The van der Waals surface area contributed by atoms with Crippen LogP contribution in [0.5, 0.6) is 0 Å². The molecular weight excluding hydrogens is 256 g/mol. The highest BCUT2D eigenvalue weighted by molar-refractivity contribution is 7.80. The van der Waals surface area contributed by atoms with E-state index in [0.29, 0.717) is 17.6 Å². The summed E-state index contributed by atoms with van der Waals surface area (Å²) in [4.78, 5) is 2.71. The number of nitrogens with two attached hydrogens (primary N) is 1. The van der Waals surface area contributed by atoms with Crippen molar-refractivity contribution < 1.29 is 5.11 Å². The highest BCUT2D eigenvalue weighted by Gasteiger charge is 2.23. The van der Waals surface area contributed by atoms with Crippen molar-refractivity contribution in [2.75, 3.05) is 18.1 Å². The van der Waals surface area contributed by atoms with E-state index in [0.717, 1.165) is 11.3 Å². The number of anilines is 1. The van der Waals surface area contributed by atoms with E-state index in [-0.39, 0.29) is 6.61 Å². The van der Waals surface area contributed by atoms with Gasteiger partial charge in [-0.15, -0.1) is 0 Å². The topological polar surface area (TPSA) is 49.5 Å². The molecule has 1 fully saturated rings. The lowest BCUT2D eigenvalue weighted by Crippen LogP contribution is -2.40. The van der Waals surface area contributed by atoms with Gasteiger partial charge in [-0.05, 0) is 25.0 Å². The van der Waals surface area contributed by atoms with E-state index >= 15 is 0 Å². The molecule has 19 heavy (non-hydrogen) atoms. The molecule has 1 aromatic rings. The Hall–Kier alpha value is -1.13. The Labute approximate surface area is 120 Å². The maximum atomic E-state index is 9.35. The molecule has 0 spiro atoms. The molecule has 0 radical (unpaired) electrons. The maximum Gasteiger partial charge on any atom is 0.106 e. The van der Waals surface area contributed by atoms with Crippen LogP contribution in [-0.2, 0) is 0 Å². The number of aliphatic hydroxyl groups excluding tert-OH is 1. The summed E-state index contributed by atoms with van der Waals surface area (Å²) in [6.07, 6.45) is 6.22. The number of rotatable bonds is 5. The van der Waals surface area contributed by atoms with Crippen molar-refractivity contribution >= 4 is 22.9 Å². The molecule has 0 saturated heterocycles. The smallest absolute Gasteiger partial charge is 0.106 e. The van der Waals surface area contributed by atoms with Gasteiger partial charge in [-0.1, -0.05) is 43.6 Å². The van der Waals surface area contributed by atoms with E-state index in [1.165, 1.54) is 32.1 Å². The molecule has 3 N–H and O–H groups in total. The molecule has 0 bridgehead atoms. The quantitative estimate of drug-likeness (QED) is 0.812. The first-order chi connectivity index (χ1) is 9.24. The predicted molar refractivity (Wildman–Crippen MR) is 83.6 cm³/mol. The van der Waals surface area contributed by atoms with Crippen molar-refractivity contribution in [2.24, 2.45) is 5.73 Å². The van der Waals surface area contributed by atoms with E-state index < -0.39 is 0 Å². The third-order valence-electron chi connectivity index (χ3n) is 3.84. The number of benzene rings is 1. The van der Waals surface area contributed by atoms with Gasteiger partial charge in [0, 0.05) is 23.8 Å². The van der Waals surface area contributed by atoms with Gasteiger partial charge in [-0.25, -0.2) is 0 Å². The second-order valence-corrected chi connectivity index (χ2v) is 5.53. The number of para-hydroxylation sites is 1.